The summed E-state index contributed by atoms with van der Waals surface area (Å²) in [6, 6.07) is -0.568. The molecule has 1 atom stereocenters. The van der Waals surface area contributed by atoms with Gasteiger partial charge in [0.05, 0.1) is 7.11 Å². The molecule has 4 nitrogen and oxygen atoms in total. The second-order valence-corrected chi connectivity index (χ2v) is 3.04. The minimum atomic E-state index is -0.568. The van der Waals surface area contributed by atoms with Crippen molar-refractivity contribution >= 4 is 27.8 Å². The van der Waals surface area contributed by atoms with E-state index in [2.05, 4.69) is 26.0 Å². The molecule has 0 radical (unpaired) electrons. The molecule has 0 aliphatic heterocycles. The van der Waals surface area contributed by atoms with Crippen molar-refractivity contribution in [3.8, 4) is 0 Å². The lowest BCUT2D eigenvalue weighted by atomic mass is 10.3. The number of hydrogen-bond acceptors (Lipinski definition) is 3. The molecule has 70 valence electrons. The first-order chi connectivity index (χ1) is 5.61. The molecule has 0 aliphatic carbocycles. The maximum Gasteiger partial charge on any atom is 0.328 e. The smallest absolute Gasteiger partial charge is 0.328 e. The summed E-state index contributed by atoms with van der Waals surface area (Å²) in [5, 5.41) is 3.08. The molecule has 5 heteroatoms. The van der Waals surface area contributed by atoms with Crippen molar-refractivity contribution in [2.45, 2.75) is 19.4 Å². The normalized spacial score (nSPS) is 11.9. The predicted octanol–water partition coefficient (Wildman–Crippen LogP) is 0.449. The van der Waals surface area contributed by atoms with Gasteiger partial charge in [0.15, 0.2) is 0 Å². The number of amides is 1. The van der Waals surface area contributed by atoms with Crippen molar-refractivity contribution in [2.75, 3.05) is 12.4 Å². The summed E-state index contributed by atoms with van der Waals surface area (Å²) in [6.45, 7) is 1.58. The Labute approximate surface area is 79.8 Å². The summed E-state index contributed by atoms with van der Waals surface area (Å²) in [4.78, 5) is 21.7. The zero-order valence-corrected chi connectivity index (χ0v) is 8.68. The van der Waals surface area contributed by atoms with Gasteiger partial charge in [0.25, 0.3) is 0 Å². The van der Waals surface area contributed by atoms with Gasteiger partial charge in [-0.2, -0.15) is 0 Å². The molecule has 0 aromatic heterocycles. The highest BCUT2D eigenvalue weighted by Crippen LogP contribution is 1.90. The van der Waals surface area contributed by atoms with E-state index in [0.717, 1.165) is 0 Å². The number of halogens is 1. The first kappa shape index (κ1) is 11.4. The zero-order valence-electron chi connectivity index (χ0n) is 7.09. The predicted molar refractivity (Wildman–Crippen MR) is 48.0 cm³/mol. The number of methoxy groups -OCH3 is 1. The van der Waals surface area contributed by atoms with Gasteiger partial charge in [0.1, 0.15) is 6.04 Å². The average Bonchev–Trinajstić information content (AvgIpc) is 2.03. The second-order valence-electron chi connectivity index (χ2n) is 2.25. The van der Waals surface area contributed by atoms with Gasteiger partial charge in [-0.3, -0.25) is 4.79 Å². The van der Waals surface area contributed by atoms with Crippen molar-refractivity contribution < 1.29 is 14.3 Å². The van der Waals surface area contributed by atoms with Crippen LogP contribution < -0.4 is 5.32 Å². The quantitative estimate of drug-likeness (QED) is 0.571. The van der Waals surface area contributed by atoms with E-state index >= 15 is 0 Å². The third-order valence-electron chi connectivity index (χ3n) is 1.25. The Balaban J connectivity index is 3.75. The molecular formula is C7H12BrNO3. The number of esters is 1. The summed E-state index contributed by atoms with van der Waals surface area (Å²) >= 11 is 3.12. The molecule has 0 heterocycles. The van der Waals surface area contributed by atoms with Crippen molar-refractivity contribution in [1.29, 1.82) is 0 Å². The number of alkyl halides is 1. The lowest BCUT2D eigenvalue weighted by Gasteiger charge is -2.10. The minimum Gasteiger partial charge on any atom is -0.467 e. The van der Waals surface area contributed by atoms with E-state index < -0.39 is 12.0 Å². The van der Waals surface area contributed by atoms with Crippen LogP contribution in [0.25, 0.3) is 0 Å². The average molecular weight is 238 g/mol. The van der Waals surface area contributed by atoms with Crippen LogP contribution in [-0.4, -0.2) is 30.4 Å². The number of nitrogens with one attached hydrogen (secondary N) is 1. The van der Waals surface area contributed by atoms with Gasteiger partial charge in [-0.05, 0) is 6.92 Å². The highest BCUT2D eigenvalue weighted by Gasteiger charge is 2.14. The minimum absolute atomic E-state index is 0.162. The summed E-state index contributed by atoms with van der Waals surface area (Å²) in [5.74, 6) is -0.595. The molecule has 0 saturated carbocycles. The van der Waals surface area contributed by atoms with Crippen LogP contribution in [-0.2, 0) is 14.3 Å². The molecule has 1 amide bonds. The Morgan fingerprint density at radius 3 is 2.58 bits per heavy atom. The zero-order chi connectivity index (χ0) is 9.56. The van der Waals surface area contributed by atoms with Gasteiger partial charge in [0.2, 0.25) is 5.91 Å². The van der Waals surface area contributed by atoms with E-state index in [-0.39, 0.29) is 5.91 Å². The molecule has 0 unspecified atom stereocenters. The van der Waals surface area contributed by atoms with Gasteiger partial charge in [-0.15, -0.1) is 0 Å². The van der Waals surface area contributed by atoms with E-state index in [0.29, 0.717) is 11.8 Å². The maximum atomic E-state index is 10.9. The number of rotatable bonds is 4. The van der Waals surface area contributed by atoms with Crippen molar-refractivity contribution in [2.24, 2.45) is 0 Å². The standard InChI is InChI=1S/C7H12BrNO3/c1-5(7(11)12-2)9-6(10)3-4-8/h5H,3-4H2,1-2H3,(H,9,10)/t5-/m0/s1. The van der Waals surface area contributed by atoms with E-state index in [1.807, 2.05) is 0 Å². The van der Waals surface area contributed by atoms with Gasteiger partial charge in [-0.25, -0.2) is 4.79 Å². The third-order valence-corrected chi connectivity index (χ3v) is 1.65. The van der Waals surface area contributed by atoms with Crippen LogP contribution in [0.15, 0.2) is 0 Å². The largest absolute Gasteiger partial charge is 0.467 e. The van der Waals surface area contributed by atoms with Crippen LogP contribution in [0.1, 0.15) is 13.3 Å². The van der Waals surface area contributed by atoms with Crippen LogP contribution in [0.3, 0.4) is 0 Å². The molecule has 0 bridgehead atoms. The second kappa shape index (κ2) is 5.99. The van der Waals surface area contributed by atoms with Crippen LogP contribution in [0.4, 0.5) is 0 Å². The molecule has 1 N–H and O–H groups in total. The highest BCUT2D eigenvalue weighted by molar-refractivity contribution is 9.09. The van der Waals surface area contributed by atoms with E-state index in [1.54, 1.807) is 6.92 Å². The number of carbonyl (C=O) groups is 2. The Morgan fingerprint density at radius 1 is 1.58 bits per heavy atom. The summed E-state index contributed by atoms with van der Waals surface area (Å²) in [7, 11) is 1.29. The molecule has 0 aliphatic rings. The lowest BCUT2D eigenvalue weighted by Crippen LogP contribution is -2.39. The van der Waals surface area contributed by atoms with E-state index in [9.17, 15) is 9.59 Å². The maximum absolute atomic E-state index is 10.9. The van der Waals surface area contributed by atoms with Crippen LogP contribution in [0.2, 0.25) is 0 Å². The number of hydrogen-bond donors (Lipinski definition) is 1. The Morgan fingerprint density at radius 2 is 2.17 bits per heavy atom. The monoisotopic (exact) mass is 237 g/mol. The first-order valence-corrected chi connectivity index (χ1v) is 4.67. The number of ether oxygens (including phenoxy) is 1. The van der Waals surface area contributed by atoms with Crippen molar-refractivity contribution in [3.05, 3.63) is 0 Å². The molecule has 0 saturated heterocycles. The SMILES string of the molecule is COC(=O)[C@H](C)NC(=O)CCBr. The Bertz CT molecular complexity index is 172. The van der Waals surface area contributed by atoms with E-state index in [1.165, 1.54) is 7.11 Å². The van der Waals surface area contributed by atoms with E-state index in [4.69, 9.17) is 0 Å². The molecule has 0 fully saturated rings. The summed E-state index contributed by atoms with van der Waals surface area (Å²) in [5.41, 5.74) is 0. The van der Waals surface area contributed by atoms with Crippen molar-refractivity contribution in [3.63, 3.8) is 0 Å². The fourth-order valence-electron chi connectivity index (χ4n) is 0.635. The molecule has 0 spiro atoms. The fraction of sp³-hybridized carbons (Fsp3) is 0.714. The van der Waals surface area contributed by atoms with Crippen molar-refractivity contribution in [1.82, 2.24) is 5.32 Å². The van der Waals surface area contributed by atoms with Crippen LogP contribution in [0, 0.1) is 0 Å². The molecular weight excluding hydrogens is 226 g/mol. The fourth-order valence-corrected chi connectivity index (χ4v) is 0.995. The summed E-state index contributed by atoms with van der Waals surface area (Å²) < 4.78 is 4.43. The van der Waals surface area contributed by atoms with Crippen LogP contribution >= 0.6 is 15.9 Å². The Hall–Kier alpha value is -0.580. The van der Waals surface area contributed by atoms with Gasteiger partial charge >= 0.3 is 5.97 Å². The van der Waals surface area contributed by atoms with Gasteiger partial charge in [0, 0.05) is 11.8 Å². The summed E-state index contributed by atoms with van der Waals surface area (Å²) in [6.07, 6.45) is 0.362. The van der Waals surface area contributed by atoms with Gasteiger partial charge < -0.3 is 10.1 Å². The molecule has 0 aromatic carbocycles. The molecule has 0 rings (SSSR count). The number of carbonyl (C=O) groups excluding carboxylic acids is 2. The topological polar surface area (TPSA) is 55.4 Å². The molecule has 0 aromatic rings. The van der Waals surface area contributed by atoms with Gasteiger partial charge in [-0.1, -0.05) is 15.9 Å². The lowest BCUT2D eigenvalue weighted by molar-refractivity contribution is -0.144. The first-order valence-electron chi connectivity index (χ1n) is 3.55. The Kier molecular flexibility index (Phi) is 5.70. The third kappa shape index (κ3) is 4.33. The molecule has 12 heavy (non-hydrogen) atoms. The highest BCUT2D eigenvalue weighted by atomic mass is 79.9. The van der Waals surface area contributed by atoms with Crippen LogP contribution in [0.5, 0.6) is 0 Å².